The molecule has 0 saturated carbocycles. The van der Waals surface area contributed by atoms with Gasteiger partial charge < -0.3 is 10.0 Å². The Balaban J connectivity index is 1.79. The SMILES string of the molecule is CN(CC(O)(Cn1cncn1)Cn1cncn1)c1ccc(Cl)cc1. The highest BCUT2D eigenvalue weighted by Gasteiger charge is 2.31. The minimum absolute atomic E-state index is 0.283. The first-order valence-corrected chi connectivity index (χ1v) is 7.76. The maximum Gasteiger partial charge on any atom is 0.137 e. The predicted molar refractivity (Wildman–Crippen MR) is 89.7 cm³/mol. The molecule has 1 N–H and O–H groups in total. The van der Waals surface area contributed by atoms with Crippen LogP contribution >= 0.6 is 11.6 Å². The summed E-state index contributed by atoms with van der Waals surface area (Å²) < 4.78 is 3.21. The van der Waals surface area contributed by atoms with E-state index in [1.807, 2.05) is 36.2 Å². The monoisotopic (exact) mass is 347 g/mol. The van der Waals surface area contributed by atoms with Crippen LogP contribution in [0, 0.1) is 0 Å². The smallest absolute Gasteiger partial charge is 0.137 e. The molecule has 0 unspecified atom stereocenters. The van der Waals surface area contributed by atoms with Crippen LogP contribution in [-0.2, 0) is 13.1 Å². The van der Waals surface area contributed by atoms with Crippen LogP contribution in [0.4, 0.5) is 5.69 Å². The number of halogens is 1. The number of rotatable bonds is 7. The minimum Gasteiger partial charge on any atom is -0.384 e. The first-order valence-electron chi connectivity index (χ1n) is 7.38. The highest BCUT2D eigenvalue weighted by atomic mass is 35.5. The van der Waals surface area contributed by atoms with E-state index >= 15 is 0 Å². The number of likely N-dealkylation sites (N-methyl/N-ethyl adjacent to an activating group) is 1. The topological polar surface area (TPSA) is 84.9 Å². The molecule has 0 aliphatic rings. The number of benzene rings is 1. The van der Waals surface area contributed by atoms with Crippen LogP contribution in [0.15, 0.2) is 49.6 Å². The fourth-order valence-electron chi connectivity index (χ4n) is 2.61. The van der Waals surface area contributed by atoms with Crippen LogP contribution in [-0.4, -0.2) is 53.8 Å². The molecule has 2 aromatic heterocycles. The first kappa shape index (κ1) is 16.4. The lowest BCUT2D eigenvalue weighted by atomic mass is 10.0. The van der Waals surface area contributed by atoms with Gasteiger partial charge in [0, 0.05) is 17.8 Å². The third-order valence-electron chi connectivity index (χ3n) is 3.64. The Bertz CT molecular complexity index is 706. The zero-order chi connectivity index (χ0) is 17.0. The molecule has 1 aromatic carbocycles. The van der Waals surface area contributed by atoms with E-state index < -0.39 is 5.60 Å². The molecule has 3 rings (SSSR count). The van der Waals surface area contributed by atoms with Crippen molar-refractivity contribution in [1.29, 1.82) is 0 Å². The van der Waals surface area contributed by atoms with Crippen LogP contribution in [0.2, 0.25) is 5.02 Å². The number of aromatic nitrogens is 6. The standard InChI is InChI=1S/C15H18ClN7O/c1-21(14-4-2-13(16)3-5-14)6-15(24,7-22-11-17-9-19-22)8-23-12-18-10-20-23/h2-5,9-12,24H,6-8H2,1H3. The van der Waals surface area contributed by atoms with Gasteiger partial charge in [0.25, 0.3) is 0 Å². The number of aliphatic hydroxyl groups is 1. The van der Waals surface area contributed by atoms with E-state index in [2.05, 4.69) is 20.2 Å². The molecule has 8 nitrogen and oxygen atoms in total. The van der Waals surface area contributed by atoms with Crippen molar-refractivity contribution in [3.8, 4) is 0 Å². The summed E-state index contributed by atoms with van der Waals surface area (Å²) in [5.74, 6) is 0. The summed E-state index contributed by atoms with van der Waals surface area (Å²) in [5, 5.41) is 20.0. The van der Waals surface area contributed by atoms with E-state index in [4.69, 9.17) is 11.6 Å². The van der Waals surface area contributed by atoms with Crippen molar-refractivity contribution in [3.05, 3.63) is 54.6 Å². The molecule has 0 atom stereocenters. The number of hydrogen-bond donors (Lipinski definition) is 1. The fourth-order valence-corrected chi connectivity index (χ4v) is 2.74. The molecule has 0 bridgehead atoms. The van der Waals surface area contributed by atoms with Gasteiger partial charge in [-0.15, -0.1) is 0 Å². The molecule has 0 saturated heterocycles. The quantitative estimate of drug-likeness (QED) is 0.688. The molecular formula is C15H18ClN7O. The number of anilines is 1. The molecular weight excluding hydrogens is 330 g/mol. The fraction of sp³-hybridized carbons (Fsp3) is 0.333. The third kappa shape index (κ3) is 4.09. The summed E-state index contributed by atoms with van der Waals surface area (Å²) in [4.78, 5) is 9.82. The average molecular weight is 348 g/mol. The van der Waals surface area contributed by atoms with Crippen molar-refractivity contribution in [3.63, 3.8) is 0 Å². The summed E-state index contributed by atoms with van der Waals surface area (Å²) in [5.41, 5.74) is -0.162. The van der Waals surface area contributed by atoms with Crippen LogP contribution in [0.1, 0.15) is 0 Å². The molecule has 2 heterocycles. The first-order chi connectivity index (χ1) is 11.5. The van der Waals surface area contributed by atoms with Crippen LogP contribution in [0.3, 0.4) is 0 Å². The Kier molecular flexibility index (Phi) is 4.77. The third-order valence-corrected chi connectivity index (χ3v) is 3.90. The minimum atomic E-state index is -1.12. The molecule has 0 radical (unpaired) electrons. The molecule has 0 aliphatic heterocycles. The lowest BCUT2D eigenvalue weighted by Crippen LogP contribution is -2.48. The molecule has 0 spiro atoms. The Labute approximate surface area is 144 Å². The Morgan fingerprint density at radius 2 is 1.58 bits per heavy atom. The van der Waals surface area contributed by atoms with Gasteiger partial charge in [-0.25, -0.2) is 19.3 Å². The zero-order valence-corrected chi connectivity index (χ0v) is 14.0. The van der Waals surface area contributed by atoms with Gasteiger partial charge in [0.2, 0.25) is 0 Å². The molecule has 24 heavy (non-hydrogen) atoms. The summed E-state index contributed by atoms with van der Waals surface area (Å²) in [6.07, 6.45) is 6.04. The van der Waals surface area contributed by atoms with Crippen molar-refractivity contribution >= 4 is 17.3 Å². The Morgan fingerprint density at radius 3 is 2.04 bits per heavy atom. The Morgan fingerprint density at radius 1 is 1.04 bits per heavy atom. The second-order valence-electron chi connectivity index (χ2n) is 5.74. The van der Waals surface area contributed by atoms with Crippen LogP contribution in [0.25, 0.3) is 0 Å². The maximum absolute atomic E-state index is 11.2. The second kappa shape index (κ2) is 6.98. The molecule has 0 fully saturated rings. The van der Waals surface area contributed by atoms with E-state index in [9.17, 15) is 5.11 Å². The maximum atomic E-state index is 11.2. The van der Waals surface area contributed by atoms with Gasteiger partial charge in [0.15, 0.2) is 0 Å². The molecule has 126 valence electrons. The summed E-state index contributed by atoms with van der Waals surface area (Å²) in [6, 6.07) is 7.46. The van der Waals surface area contributed by atoms with Gasteiger partial charge in [0.1, 0.15) is 30.9 Å². The van der Waals surface area contributed by atoms with Gasteiger partial charge >= 0.3 is 0 Å². The van der Waals surface area contributed by atoms with Gasteiger partial charge in [-0.1, -0.05) is 11.6 Å². The zero-order valence-electron chi connectivity index (χ0n) is 13.2. The number of hydrogen-bond acceptors (Lipinski definition) is 6. The van der Waals surface area contributed by atoms with Crippen molar-refractivity contribution in [2.75, 3.05) is 18.5 Å². The van der Waals surface area contributed by atoms with E-state index in [0.717, 1.165) is 5.69 Å². The van der Waals surface area contributed by atoms with Gasteiger partial charge in [-0.05, 0) is 24.3 Å². The molecule has 0 aliphatic carbocycles. The highest BCUT2D eigenvalue weighted by Crippen LogP contribution is 2.20. The largest absolute Gasteiger partial charge is 0.384 e. The van der Waals surface area contributed by atoms with E-state index in [-0.39, 0.29) is 13.1 Å². The van der Waals surface area contributed by atoms with E-state index in [1.54, 1.807) is 22.0 Å². The van der Waals surface area contributed by atoms with Crippen LogP contribution in [0.5, 0.6) is 0 Å². The van der Waals surface area contributed by atoms with Crippen LogP contribution < -0.4 is 4.90 Å². The van der Waals surface area contributed by atoms with E-state index in [0.29, 0.717) is 11.6 Å². The summed E-state index contributed by atoms with van der Waals surface area (Å²) in [6.45, 7) is 0.934. The summed E-state index contributed by atoms with van der Waals surface area (Å²) >= 11 is 5.93. The number of nitrogens with zero attached hydrogens (tertiary/aromatic N) is 7. The average Bonchev–Trinajstić information content (AvgIpc) is 3.21. The van der Waals surface area contributed by atoms with E-state index in [1.165, 1.54) is 12.7 Å². The van der Waals surface area contributed by atoms with Crippen molar-refractivity contribution < 1.29 is 5.11 Å². The Hall–Kier alpha value is -2.45. The van der Waals surface area contributed by atoms with Crippen molar-refractivity contribution in [2.24, 2.45) is 0 Å². The van der Waals surface area contributed by atoms with Crippen molar-refractivity contribution in [2.45, 2.75) is 18.7 Å². The lowest BCUT2D eigenvalue weighted by Gasteiger charge is -2.33. The van der Waals surface area contributed by atoms with Crippen molar-refractivity contribution in [1.82, 2.24) is 29.5 Å². The van der Waals surface area contributed by atoms with Gasteiger partial charge in [0.05, 0.1) is 19.6 Å². The lowest BCUT2D eigenvalue weighted by molar-refractivity contribution is 0.00731. The summed E-state index contributed by atoms with van der Waals surface area (Å²) in [7, 11) is 1.91. The normalized spacial score (nSPS) is 11.6. The highest BCUT2D eigenvalue weighted by molar-refractivity contribution is 6.30. The second-order valence-corrected chi connectivity index (χ2v) is 6.18. The molecule has 3 aromatic rings. The molecule has 9 heteroatoms. The van der Waals surface area contributed by atoms with Gasteiger partial charge in [-0.2, -0.15) is 10.2 Å². The molecule has 0 amide bonds. The predicted octanol–water partition coefficient (Wildman–Crippen LogP) is 1.09. The van der Waals surface area contributed by atoms with Gasteiger partial charge in [-0.3, -0.25) is 0 Å².